The topological polar surface area (TPSA) is 190 Å². The number of carboxylic acid groups (broad SMARTS) is 2. The van der Waals surface area contributed by atoms with Crippen LogP contribution in [0.5, 0.6) is 0 Å². The van der Waals surface area contributed by atoms with Gasteiger partial charge in [0.1, 0.15) is 18.1 Å². The number of para-hydroxylation sites is 1. The lowest BCUT2D eigenvalue weighted by atomic mass is 10.0. The van der Waals surface area contributed by atoms with E-state index in [1.165, 1.54) is 0 Å². The molecule has 1 fully saturated rings. The second-order valence-corrected chi connectivity index (χ2v) is 10.0. The molecule has 1 aliphatic rings. The monoisotopic (exact) mass is 563 g/mol. The fourth-order valence-corrected chi connectivity index (χ4v) is 4.89. The van der Waals surface area contributed by atoms with E-state index in [0.29, 0.717) is 18.5 Å². The van der Waals surface area contributed by atoms with Gasteiger partial charge in [-0.05, 0) is 36.6 Å². The molecule has 216 valence electrons. The fraction of sp³-hybridized carbons (Fsp3) is 0.345. The van der Waals surface area contributed by atoms with Crippen LogP contribution in [0.25, 0.3) is 10.9 Å². The number of fused-ring (bicyclic) bond motifs is 1. The first-order valence-electron chi connectivity index (χ1n) is 13.4. The Hall–Kier alpha value is -4.71. The summed E-state index contributed by atoms with van der Waals surface area (Å²) in [7, 11) is 0. The van der Waals surface area contributed by atoms with Crippen LogP contribution in [-0.2, 0) is 36.8 Å². The molecular formula is C29H33N5O7. The molecule has 2 heterocycles. The number of benzene rings is 2. The zero-order chi connectivity index (χ0) is 29.4. The molecule has 0 bridgehead atoms. The number of amides is 3. The van der Waals surface area contributed by atoms with Crippen molar-refractivity contribution in [3.8, 4) is 0 Å². The van der Waals surface area contributed by atoms with Gasteiger partial charge in [-0.1, -0.05) is 48.5 Å². The van der Waals surface area contributed by atoms with Gasteiger partial charge in [-0.25, -0.2) is 4.79 Å². The number of carbonyl (C=O) groups is 5. The van der Waals surface area contributed by atoms with Crippen LogP contribution >= 0.6 is 0 Å². The van der Waals surface area contributed by atoms with E-state index in [9.17, 15) is 34.2 Å². The number of rotatable bonds is 13. The van der Waals surface area contributed by atoms with E-state index in [4.69, 9.17) is 0 Å². The van der Waals surface area contributed by atoms with Crippen LogP contribution in [0.4, 0.5) is 0 Å². The summed E-state index contributed by atoms with van der Waals surface area (Å²) in [6, 6.07) is 11.5. The number of carbonyl (C=O) groups excluding carboxylic acids is 3. The largest absolute Gasteiger partial charge is 0.481 e. The summed E-state index contributed by atoms with van der Waals surface area (Å²) in [6.07, 6.45) is 2.40. The van der Waals surface area contributed by atoms with Gasteiger partial charge in [0.15, 0.2) is 0 Å². The highest BCUT2D eigenvalue weighted by Crippen LogP contribution is 2.19. The second-order valence-electron chi connectivity index (χ2n) is 10.0. The van der Waals surface area contributed by atoms with E-state index in [0.717, 1.165) is 22.9 Å². The van der Waals surface area contributed by atoms with Crippen molar-refractivity contribution in [1.29, 1.82) is 0 Å². The van der Waals surface area contributed by atoms with Crippen molar-refractivity contribution in [3.05, 3.63) is 71.9 Å². The fourth-order valence-electron chi connectivity index (χ4n) is 4.89. The smallest absolute Gasteiger partial charge is 0.326 e. The third kappa shape index (κ3) is 7.92. The molecule has 0 spiro atoms. The van der Waals surface area contributed by atoms with E-state index in [1.54, 1.807) is 36.5 Å². The summed E-state index contributed by atoms with van der Waals surface area (Å²) < 4.78 is 0. The van der Waals surface area contributed by atoms with Gasteiger partial charge in [0, 0.05) is 29.9 Å². The third-order valence-electron chi connectivity index (χ3n) is 7.02. The molecule has 7 N–H and O–H groups in total. The van der Waals surface area contributed by atoms with Crippen LogP contribution in [0.15, 0.2) is 60.8 Å². The Morgan fingerprint density at radius 1 is 0.829 bits per heavy atom. The summed E-state index contributed by atoms with van der Waals surface area (Å²) in [5, 5.41) is 30.6. The first-order valence-corrected chi connectivity index (χ1v) is 13.4. The van der Waals surface area contributed by atoms with Gasteiger partial charge in [-0.2, -0.15) is 0 Å². The minimum atomic E-state index is -1.58. The van der Waals surface area contributed by atoms with Gasteiger partial charge >= 0.3 is 11.9 Å². The number of nitrogens with one attached hydrogen (secondary N) is 5. The highest BCUT2D eigenvalue weighted by molar-refractivity contribution is 5.96. The molecule has 12 heteroatoms. The molecule has 0 radical (unpaired) electrons. The lowest BCUT2D eigenvalue weighted by Gasteiger charge is -2.24. The van der Waals surface area contributed by atoms with Gasteiger partial charge in [0.2, 0.25) is 17.7 Å². The first kappa shape index (κ1) is 29.3. The summed E-state index contributed by atoms with van der Waals surface area (Å²) in [6.45, 7) is 0.673. The zero-order valence-electron chi connectivity index (χ0n) is 22.3. The SMILES string of the molecule is O=C(O)CC(NC(=O)C(Cc1c[nH]c2ccccc12)NC(=O)C1CCCN1)C(=O)NC(Cc1ccccc1)C(=O)O. The number of carboxylic acids is 2. The van der Waals surface area contributed by atoms with Crippen LogP contribution < -0.4 is 21.3 Å². The number of H-pyrrole nitrogens is 1. The molecule has 0 saturated carbocycles. The van der Waals surface area contributed by atoms with Crippen molar-refractivity contribution in [2.45, 2.75) is 56.3 Å². The molecule has 4 atom stereocenters. The Balaban J connectivity index is 1.52. The Labute approximate surface area is 235 Å². The van der Waals surface area contributed by atoms with Crippen molar-refractivity contribution in [1.82, 2.24) is 26.3 Å². The van der Waals surface area contributed by atoms with E-state index in [1.807, 2.05) is 24.3 Å². The van der Waals surface area contributed by atoms with Crippen LogP contribution in [0.3, 0.4) is 0 Å². The Bertz CT molecular complexity index is 1400. The number of aromatic nitrogens is 1. The maximum atomic E-state index is 13.5. The van der Waals surface area contributed by atoms with E-state index >= 15 is 0 Å². The number of hydrogen-bond donors (Lipinski definition) is 7. The zero-order valence-corrected chi connectivity index (χ0v) is 22.3. The summed E-state index contributed by atoms with van der Waals surface area (Å²) in [5.41, 5.74) is 2.24. The quantitative estimate of drug-likeness (QED) is 0.158. The summed E-state index contributed by atoms with van der Waals surface area (Å²) >= 11 is 0. The van der Waals surface area contributed by atoms with E-state index in [-0.39, 0.29) is 18.7 Å². The average Bonchev–Trinajstić information content (AvgIpc) is 3.63. The predicted octanol–water partition coefficient (Wildman–Crippen LogP) is 0.719. The van der Waals surface area contributed by atoms with Crippen molar-refractivity contribution < 1.29 is 34.2 Å². The van der Waals surface area contributed by atoms with Gasteiger partial charge < -0.3 is 36.5 Å². The molecule has 3 aromatic rings. The molecular weight excluding hydrogens is 530 g/mol. The highest BCUT2D eigenvalue weighted by atomic mass is 16.4. The second kappa shape index (κ2) is 13.6. The van der Waals surface area contributed by atoms with Gasteiger partial charge in [-0.15, -0.1) is 0 Å². The van der Waals surface area contributed by atoms with Crippen molar-refractivity contribution in [2.24, 2.45) is 0 Å². The lowest BCUT2D eigenvalue weighted by Crippen LogP contribution is -2.58. The van der Waals surface area contributed by atoms with Crippen molar-refractivity contribution in [3.63, 3.8) is 0 Å². The van der Waals surface area contributed by atoms with Crippen LogP contribution in [-0.4, -0.2) is 75.6 Å². The molecule has 0 aliphatic carbocycles. The third-order valence-corrected chi connectivity index (χ3v) is 7.02. The molecule has 4 rings (SSSR count). The Kier molecular flexibility index (Phi) is 9.69. The standard InChI is InChI=1S/C29H33N5O7/c35-25(36)15-23(28(39)34-24(29(40)41)13-17-7-2-1-3-8-17)33-27(38)22(32-26(37)21-11-6-12-30-21)14-18-16-31-20-10-5-4-9-19(18)20/h1-5,7-10,16,21-24,30-31H,6,11-15H2,(H,32,37)(H,33,38)(H,34,39)(H,35,36)(H,40,41). The molecule has 4 unspecified atom stereocenters. The van der Waals surface area contributed by atoms with Crippen molar-refractivity contribution >= 4 is 40.6 Å². The first-order chi connectivity index (χ1) is 19.7. The molecule has 12 nitrogen and oxygen atoms in total. The van der Waals surface area contributed by atoms with E-state index in [2.05, 4.69) is 26.3 Å². The van der Waals surface area contributed by atoms with E-state index < -0.39 is 54.3 Å². The maximum absolute atomic E-state index is 13.5. The molecule has 1 aromatic heterocycles. The van der Waals surface area contributed by atoms with Gasteiger partial charge in [-0.3, -0.25) is 19.2 Å². The van der Waals surface area contributed by atoms with Crippen molar-refractivity contribution in [2.75, 3.05) is 6.54 Å². The average molecular weight is 564 g/mol. The normalized spacial score (nSPS) is 16.8. The molecule has 1 saturated heterocycles. The van der Waals surface area contributed by atoms with Crippen LogP contribution in [0.1, 0.15) is 30.4 Å². The lowest BCUT2D eigenvalue weighted by molar-refractivity contribution is -0.143. The minimum absolute atomic E-state index is 0.0384. The minimum Gasteiger partial charge on any atom is -0.481 e. The van der Waals surface area contributed by atoms with Gasteiger partial charge in [0.05, 0.1) is 12.5 Å². The number of hydrogen-bond acceptors (Lipinski definition) is 6. The molecule has 3 amide bonds. The van der Waals surface area contributed by atoms with Crippen LogP contribution in [0, 0.1) is 0 Å². The number of aromatic amines is 1. The Morgan fingerprint density at radius 2 is 1.51 bits per heavy atom. The molecule has 41 heavy (non-hydrogen) atoms. The number of aliphatic carboxylic acids is 2. The Morgan fingerprint density at radius 3 is 2.20 bits per heavy atom. The predicted molar refractivity (Wildman–Crippen MR) is 149 cm³/mol. The van der Waals surface area contributed by atoms with Crippen LogP contribution in [0.2, 0.25) is 0 Å². The molecule has 1 aliphatic heterocycles. The highest BCUT2D eigenvalue weighted by Gasteiger charge is 2.33. The molecule has 2 aromatic carbocycles. The summed E-state index contributed by atoms with van der Waals surface area (Å²) in [4.78, 5) is 66.2. The van der Waals surface area contributed by atoms with Gasteiger partial charge in [0.25, 0.3) is 0 Å². The summed E-state index contributed by atoms with van der Waals surface area (Å²) in [5.74, 6) is -4.78. The maximum Gasteiger partial charge on any atom is 0.326 e.